The number of aromatic nitrogens is 1. The Hall–Kier alpha value is -6.19. The highest BCUT2D eigenvalue weighted by molar-refractivity contribution is 5.99. The molecule has 224 valence electrons. The summed E-state index contributed by atoms with van der Waals surface area (Å²) in [7, 11) is 1.79. The van der Waals surface area contributed by atoms with Gasteiger partial charge in [0.05, 0.1) is 6.54 Å². The van der Waals surface area contributed by atoms with Crippen LogP contribution in [0.25, 0.3) is 10.9 Å². The molecule has 0 radical (unpaired) electrons. The van der Waals surface area contributed by atoms with Crippen molar-refractivity contribution in [3.8, 4) is 59.7 Å². The number of Topliss-reactive ketones (excluding diaryl/α,β-unsaturated/α-hetero) is 1. The van der Waals surface area contributed by atoms with Gasteiger partial charge >= 0.3 is 0 Å². The number of carbonyl (C=O) groups is 2. The van der Waals surface area contributed by atoms with Crippen LogP contribution < -0.4 is 4.90 Å². The number of hydrogen-bond acceptors (Lipinski definition) is 3. The van der Waals surface area contributed by atoms with Gasteiger partial charge in [0.2, 0.25) is 5.91 Å². The molecule has 5 rings (SSSR count). The molecule has 1 unspecified atom stereocenters. The molecule has 1 atom stereocenters. The number of anilines is 1. The van der Waals surface area contributed by atoms with Crippen molar-refractivity contribution in [3.05, 3.63) is 101 Å². The molecule has 1 aliphatic heterocycles. The molecule has 1 amide bonds. The summed E-state index contributed by atoms with van der Waals surface area (Å²) in [5.41, 5.74) is 7.14. The molecular weight excluding hydrogens is 566 g/mol. The molecule has 1 aromatic heterocycles. The quantitative estimate of drug-likeness (QED) is 0.249. The summed E-state index contributed by atoms with van der Waals surface area (Å²) in [6.07, 6.45) is 7.73. The molecule has 3 aromatic carbocycles. The third kappa shape index (κ3) is 8.91. The van der Waals surface area contributed by atoms with Crippen molar-refractivity contribution in [1.29, 1.82) is 0 Å². The van der Waals surface area contributed by atoms with Crippen molar-refractivity contribution in [2.24, 2.45) is 10.9 Å². The van der Waals surface area contributed by atoms with Crippen molar-refractivity contribution in [1.82, 2.24) is 4.98 Å². The average Bonchev–Trinajstić information content (AvgIpc) is 3.67. The molecule has 0 spiro atoms. The van der Waals surface area contributed by atoms with Gasteiger partial charge in [-0.3, -0.25) is 14.6 Å². The zero-order chi connectivity index (χ0) is 32.7. The lowest BCUT2D eigenvalue weighted by Gasteiger charge is -2.24. The van der Waals surface area contributed by atoms with Crippen LogP contribution in [0.3, 0.4) is 0 Å². The van der Waals surface area contributed by atoms with E-state index >= 15 is 0 Å². The van der Waals surface area contributed by atoms with Crippen molar-refractivity contribution < 1.29 is 9.59 Å². The van der Waals surface area contributed by atoms with E-state index in [1.807, 2.05) is 85.9 Å². The fourth-order valence-corrected chi connectivity index (χ4v) is 5.21. The number of hydrogen-bond donors (Lipinski definition) is 1. The lowest BCUT2D eigenvalue weighted by molar-refractivity contribution is -0.127. The normalized spacial score (nSPS) is 10.8. The molecule has 0 aliphatic carbocycles. The molecule has 1 aliphatic rings. The topological polar surface area (TPSA) is 65.5 Å². The Morgan fingerprint density at radius 2 is 1.63 bits per heavy atom. The Labute approximate surface area is 271 Å². The van der Waals surface area contributed by atoms with Crippen molar-refractivity contribution in [3.63, 3.8) is 0 Å². The molecule has 46 heavy (non-hydrogen) atoms. The second kappa shape index (κ2) is 16.6. The van der Waals surface area contributed by atoms with E-state index < -0.39 is 5.92 Å². The number of aryl methyl sites for hydroxylation is 1. The van der Waals surface area contributed by atoms with Crippen molar-refractivity contribution >= 4 is 34.5 Å². The lowest BCUT2D eigenvalue weighted by Crippen LogP contribution is -2.35. The average molecular weight is 600 g/mol. The zero-order valence-corrected chi connectivity index (χ0v) is 26.2. The minimum absolute atomic E-state index is 0.0484. The smallest absolute Gasteiger partial charge is 0.230 e. The molecule has 0 saturated carbocycles. The van der Waals surface area contributed by atoms with Crippen molar-refractivity contribution in [2.75, 3.05) is 11.9 Å². The van der Waals surface area contributed by atoms with Crippen LogP contribution in [0, 0.1) is 72.5 Å². The maximum atomic E-state index is 13.7. The monoisotopic (exact) mass is 599 g/mol. The van der Waals surface area contributed by atoms with Gasteiger partial charge < -0.3 is 9.88 Å². The number of terminal acetylenes is 1. The summed E-state index contributed by atoms with van der Waals surface area (Å²) in [5, 5.41) is 1.07. The van der Waals surface area contributed by atoms with E-state index in [2.05, 4.69) is 63.3 Å². The zero-order valence-electron chi connectivity index (χ0n) is 26.2. The highest BCUT2D eigenvalue weighted by Gasteiger charge is 2.27. The predicted octanol–water partition coefficient (Wildman–Crippen LogP) is 6.09. The molecule has 4 aromatic rings. The lowest BCUT2D eigenvalue weighted by atomic mass is 9.90. The molecule has 2 heterocycles. The Morgan fingerprint density at radius 1 is 0.935 bits per heavy atom. The second-order valence-electron chi connectivity index (χ2n) is 10.6. The highest BCUT2D eigenvalue weighted by atomic mass is 16.2. The summed E-state index contributed by atoms with van der Waals surface area (Å²) in [5.74, 6) is 21.5. The van der Waals surface area contributed by atoms with Crippen LogP contribution in [-0.2, 0) is 29.0 Å². The Bertz CT molecular complexity index is 2060. The van der Waals surface area contributed by atoms with Gasteiger partial charge in [-0.2, -0.15) is 0 Å². The number of aliphatic imine (C=N–C) groups is 1. The molecule has 0 saturated heterocycles. The third-order valence-electron chi connectivity index (χ3n) is 7.46. The molecule has 5 heteroatoms. The van der Waals surface area contributed by atoms with Gasteiger partial charge in [0.15, 0.2) is 0 Å². The first-order chi connectivity index (χ1) is 22.4. The number of nitrogens with zero attached hydrogens (tertiary/aromatic N) is 2. The van der Waals surface area contributed by atoms with Gasteiger partial charge in [-0.05, 0) is 108 Å². The van der Waals surface area contributed by atoms with E-state index in [-0.39, 0.29) is 18.1 Å². The Morgan fingerprint density at radius 3 is 2.37 bits per heavy atom. The van der Waals surface area contributed by atoms with Gasteiger partial charge in [-0.15, -0.1) is 6.42 Å². The first-order valence-corrected chi connectivity index (χ1v) is 14.8. The van der Waals surface area contributed by atoms with E-state index in [1.165, 1.54) is 5.56 Å². The number of para-hydroxylation sites is 1. The van der Waals surface area contributed by atoms with Gasteiger partial charge in [0.25, 0.3) is 0 Å². The summed E-state index contributed by atoms with van der Waals surface area (Å²) < 4.78 is 0. The van der Waals surface area contributed by atoms with E-state index in [1.54, 1.807) is 18.9 Å². The summed E-state index contributed by atoms with van der Waals surface area (Å²) in [6.45, 7) is 4.39. The second-order valence-corrected chi connectivity index (χ2v) is 10.6. The SMILES string of the molecule is C#CC#CC#CC#CC#CC.Cc1[nH]c2ccccc2c1CC(=O)CC(Cc1ccccc1)C(=O)N(C)c1ccc2c(c1)C=NC2. The van der Waals surface area contributed by atoms with Gasteiger partial charge in [-0.1, -0.05) is 60.5 Å². The molecule has 0 bridgehead atoms. The van der Waals surface area contributed by atoms with Crippen molar-refractivity contribution in [2.45, 2.75) is 39.7 Å². The molecule has 5 nitrogen and oxygen atoms in total. The van der Waals surface area contributed by atoms with Crippen LogP contribution in [0.1, 0.15) is 41.3 Å². The number of nitrogens with one attached hydrogen (secondary N) is 1. The van der Waals surface area contributed by atoms with E-state index in [0.29, 0.717) is 19.4 Å². The maximum Gasteiger partial charge on any atom is 0.230 e. The number of fused-ring (bicyclic) bond motifs is 2. The van der Waals surface area contributed by atoms with Gasteiger partial charge in [-0.25, -0.2) is 0 Å². The standard InChI is InChI=1S/C30H29N3O2.C11H4/c1-20-28(27-10-6-7-11-29(27)32-20)17-26(34)16-23(14-21-8-4-3-5-9-21)30(35)33(2)25-13-12-22-18-31-19-24(22)15-25;1-3-5-7-9-11-10-8-6-4-2/h3-13,15,19,23,32H,14,16-18H2,1-2H3;1H,2H3. The molecular formula is C41H33N3O2. The number of H-pyrrole nitrogens is 1. The van der Waals surface area contributed by atoms with E-state index in [0.717, 1.165) is 39.0 Å². The molecule has 0 fully saturated rings. The number of amides is 1. The summed E-state index contributed by atoms with van der Waals surface area (Å²) in [6, 6.07) is 24.0. The highest BCUT2D eigenvalue weighted by Crippen LogP contribution is 2.27. The minimum Gasteiger partial charge on any atom is -0.358 e. The first-order valence-electron chi connectivity index (χ1n) is 14.8. The summed E-state index contributed by atoms with van der Waals surface area (Å²) in [4.78, 5) is 36.4. The number of ketones is 1. The third-order valence-corrected chi connectivity index (χ3v) is 7.46. The van der Waals surface area contributed by atoms with Crippen LogP contribution in [-0.4, -0.2) is 29.9 Å². The fraction of sp³-hybridized carbons (Fsp3) is 0.195. The van der Waals surface area contributed by atoms with Crippen LogP contribution in [0.2, 0.25) is 0 Å². The van der Waals surface area contributed by atoms with Crippen LogP contribution in [0.15, 0.2) is 77.8 Å². The largest absolute Gasteiger partial charge is 0.358 e. The van der Waals surface area contributed by atoms with Crippen LogP contribution >= 0.6 is 0 Å². The number of aromatic amines is 1. The molecule has 1 N–H and O–H groups in total. The number of rotatable bonds is 8. The van der Waals surface area contributed by atoms with Gasteiger partial charge in [0.1, 0.15) is 5.78 Å². The summed E-state index contributed by atoms with van der Waals surface area (Å²) >= 11 is 0. The Kier molecular flexibility index (Phi) is 11.8. The van der Waals surface area contributed by atoms with Gasteiger partial charge in [0, 0.05) is 54.3 Å². The Balaban J connectivity index is 0.000000375. The minimum atomic E-state index is -0.442. The maximum absolute atomic E-state index is 13.7. The van der Waals surface area contributed by atoms with E-state index in [9.17, 15) is 9.59 Å². The number of benzene rings is 3. The van der Waals surface area contributed by atoms with E-state index in [4.69, 9.17) is 6.42 Å². The predicted molar refractivity (Wildman–Crippen MR) is 187 cm³/mol. The first kappa shape index (κ1) is 32.7. The van der Waals surface area contributed by atoms with Crippen LogP contribution in [0.4, 0.5) is 5.69 Å². The van der Waals surface area contributed by atoms with Crippen LogP contribution in [0.5, 0.6) is 0 Å². The fourth-order valence-electron chi connectivity index (χ4n) is 5.21. The number of carbonyl (C=O) groups excluding carboxylic acids is 2.